The number of urea groups is 1. The van der Waals surface area contributed by atoms with E-state index in [-0.39, 0.29) is 12.4 Å². The van der Waals surface area contributed by atoms with E-state index in [4.69, 9.17) is 5.73 Å². The van der Waals surface area contributed by atoms with Crippen molar-refractivity contribution >= 4 is 6.03 Å². The molecular weight excluding hydrogens is 175 g/mol. The lowest BCUT2D eigenvalue weighted by Gasteiger charge is -2.02. The van der Waals surface area contributed by atoms with Gasteiger partial charge in [-0.25, -0.2) is 14.7 Å². The highest BCUT2D eigenvalue weighted by molar-refractivity contribution is 5.70. The molecule has 5 heteroatoms. The van der Waals surface area contributed by atoms with Crippen LogP contribution in [0.15, 0.2) is 24.3 Å². The molecule has 1 aromatic carbocycles. The van der Waals surface area contributed by atoms with Crippen LogP contribution in [0, 0.1) is 5.82 Å². The summed E-state index contributed by atoms with van der Waals surface area (Å²) in [6.07, 6.45) is 0. The SMILES string of the molecule is NC(=O)NOCc1cccc(F)c1. The summed E-state index contributed by atoms with van der Waals surface area (Å²) in [5, 5.41) is 0. The number of hydroxylamine groups is 1. The Balaban J connectivity index is 2.41. The van der Waals surface area contributed by atoms with Gasteiger partial charge in [-0.2, -0.15) is 0 Å². The van der Waals surface area contributed by atoms with Gasteiger partial charge in [-0.1, -0.05) is 12.1 Å². The Kier molecular flexibility index (Phi) is 3.22. The van der Waals surface area contributed by atoms with E-state index >= 15 is 0 Å². The van der Waals surface area contributed by atoms with Crippen LogP contribution in [0.2, 0.25) is 0 Å². The first-order chi connectivity index (χ1) is 6.18. The summed E-state index contributed by atoms with van der Waals surface area (Å²) in [7, 11) is 0. The zero-order valence-corrected chi connectivity index (χ0v) is 6.79. The quantitative estimate of drug-likeness (QED) is 0.686. The smallest absolute Gasteiger partial charge is 0.336 e. The first-order valence-electron chi connectivity index (χ1n) is 3.60. The summed E-state index contributed by atoms with van der Waals surface area (Å²) in [5.74, 6) is -0.347. The van der Waals surface area contributed by atoms with Gasteiger partial charge in [0.25, 0.3) is 0 Å². The first-order valence-corrected chi connectivity index (χ1v) is 3.60. The van der Waals surface area contributed by atoms with Crippen LogP contribution in [0.5, 0.6) is 0 Å². The molecule has 0 atom stereocenters. The van der Waals surface area contributed by atoms with Gasteiger partial charge >= 0.3 is 6.03 Å². The molecule has 0 aliphatic heterocycles. The summed E-state index contributed by atoms with van der Waals surface area (Å²) in [6.45, 7) is 0.0840. The van der Waals surface area contributed by atoms with Gasteiger partial charge in [0.05, 0.1) is 6.61 Å². The van der Waals surface area contributed by atoms with Crippen molar-refractivity contribution in [1.82, 2.24) is 5.48 Å². The number of hydrogen-bond donors (Lipinski definition) is 2. The van der Waals surface area contributed by atoms with E-state index in [1.165, 1.54) is 12.1 Å². The molecule has 13 heavy (non-hydrogen) atoms. The van der Waals surface area contributed by atoms with E-state index in [0.29, 0.717) is 5.56 Å². The summed E-state index contributed by atoms with van der Waals surface area (Å²) in [5.41, 5.74) is 7.29. The number of benzene rings is 1. The zero-order valence-electron chi connectivity index (χ0n) is 6.79. The van der Waals surface area contributed by atoms with Crippen molar-refractivity contribution in [1.29, 1.82) is 0 Å². The molecule has 4 nitrogen and oxygen atoms in total. The number of nitrogens with two attached hydrogens (primary N) is 1. The van der Waals surface area contributed by atoms with Gasteiger partial charge in [-0.15, -0.1) is 0 Å². The number of rotatable bonds is 3. The molecule has 0 spiro atoms. The molecule has 0 heterocycles. The molecule has 0 radical (unpaired) electrons. The number of primary amides is 1. The summed E-state index contributed by atoms with van der Waals surface area (Å²) < 4.78 is 12.6. The second-order valence-electron chi connectivity index (χ2n) is 2.38. The normalized spacial score (nSPS) is 9.62. The monoisotopic (exact) mass is 184 g/mol. The first kappa shape index (κ1) is 9.47. The van der Waals surface area contributed by atoms with Crippen LogP contribution in [0.25, 0.3) is 0 Å². The predicted octanol–water partition coefficient (Wildman–Crippen LogP) is 0.926. The van der Waals surface area contributed by atoms with Crippen molar-refractivity contribution in [2.24, 2.45) is 5.73 Å². The number of halogens is 1. The van der Waals surface area contributed by atoms with Gasteiger partial charge < -0.3 is 5.73 Å². The molecule has 70 valence electrons. The van der Waals surface area contributed by atoms with Gasteiger partial charge in [0, 0.05) is 0 Å². The van der Waals surface area contributed by atoms with Crippen LogP contribution in [-0.4, -0.2) is 6.03 Å². The summed E-state index contributed by atoms with van der Waals surface area (Å²) in [6, 6.07) is 5.08. The predicted molar refractivity (Wildman–Crippen MR) is 43.9 cm³/mol. The zero-order chi connectivity index (χ0) is 9.68. The Morgan fingerprint density at radius 3 is 3.00 bits per heavy atom. The van der Waals surface area contributed by atoms with Crippen LogP contribution < -0.4 is 11.2 Å². The molecule has 3 N–H and O–H groups in total. The summed E-state index contributed by atoms with van der Waals surface area (Å²) in [4.78, 5) is 14.8. The van der Waals surface area contributed by atoms with E-state index in [2.05, 4.69) is 4.84 Å². The maximum absolute atomic E-state index is 12.6. The van der Waals surface area contributed by atoms with E-state index < -0.39 is 6.03 Å². The Morgan fingerprint density at radius 1 is 1.62 bits per heavy atom. The molecular formula is C8H9FN2O2. The number of hydrogen-bond acceptors (Lipinski definition) is 2. The minimum atomic E-state index is -0.781. The Bertz CT molecular complexity index is 304. The average molecular weight is 184 g/mol. The molecule has 0 bridgehead atoms. The average Bonchev–Trinajstić information content (AvgIpc) is 2.03. The third-order valence-electron chi connectivity index (χ3n) is 1.30. The topological polar surface area (TPSA) is 64.4 Å². The molecule has 0 saturated heterocycles. The fourth-order valence-electron chi connectivity index (χ4n) is 0.817. The molecule has 1 rings (SSSR count). The third kappa shape index (κ3) is 3.53. The van der Waals surface area contributed by atoms with E-state index in [1.807, 2.05) is 5.48 Å². The fourth-order valence-corrected chi connectivity index (χ4v) is 0.817. The second-order valence-corrected chi connectivity index (χ2v) is 2.38. The molecule has 1 aromatic rings. The largest absolute Gasteiger partial charge is 0.350 e. The van der Waals surface area contributed by atoms with Crippen molar-refractivity contribution in [2.45, 2.75) is 6.61 Å². The number of carbonyl (C=O) groups excluding carboxylic acids is 1. The lowest BCUT2D eigenvalue weighted by atomic mass is 10.2. The van der Waals surface area contributed by atoms with Gasteiger partial charge in [0.2, 0.25) is 0 Å². The second kappa shape index (κ2) is 4.42. The fraction of sp³-hybridized carbons (Fsp3) is 0.125. The van der Waals surface area contributed by atoms with E-state index in [9.17, 15) is 9.18 Å². The van der Waals surface area contributed by atoms with Gasteiger partial charge in [0.1, 0.15) is 5.82 Å². The van der Waals surface area contributed by atoms with Gasteiger partial charge in [-0.05, 0) is 17.7 Å². The van der Waals surface area contributed by atoms with Crippen LogP contribution in [0.1, 0.15) is 5.56 Å². The number of carbonyl (C=O) groups is 1. The van der Waals surface area contributed by atoms with Crippen LogP contribution in [0.3, 0.4) is 0 Å². The van der Waals surface area contributed by atoms with Crippen LogP contribution in [0.4, 0.5) is 9.18 Å². The highest BCUT2D eigenvalue weighted by Gasteiger charge is 1.96. The van der Waals surface area contributed by atoms with Crippen LogP contribution in [-0.2, 0) is 11.4 Å². The minimum Gasteiger partial charge on any atom is -0.350 e. The number of amides is 2. The van der Waals surface area contributed by atoms with Crippen molar-refractivity contribution in [3.05, 3.63) is 35.6 Å². The van der Waals surface area contributed by atoms with Gasteiger partial charge in [-0.3, -0.25) is 4.84 Å². The highest BCUT2D eigenvalue weighted by Crippen LogP contribution is 2.03. The number of nitrogens with one attached hydrogen (secondary N) is 1. The van der Waals surface area contributed by atoms with Crippen molar-refractivity contribution in [3.8, 4) is 0 Å². The lowest BCUT2D eigenvalue weighted by Crippen LogP contribution is -2.29. The van der Waals surface area contributed by atoms with E-state index in [0.717, 1.165) is 0 Å². The standard InChI is InChI=1S/C8H9FN2O2/c9-7-3-1-2-6(4-7)5-13-11-8(10)12/h1-4H,5H2,(H3,10,11,12). The maximum atomic E-state index is 12.6. The molecule has 0 fully saturated rings. The Hall–Kier alpha value is -1.62. The van der Waals surface area contributed by atoms with Crippen LogP contribution >= 0.6 is 0 Å². The van der Waals surface area contributed by atoms with Crippen molar-refractivity contribution in [3.63, 3.8) is 0 Å². The molecule has 0 aliphatic rings. The minimum absolute atomic E-state index is 0.0840. The molecule has 0 aliphatic carbocycles. The summed E-state index contributed by atoms with van der Waals surface area (Å²) >= 11 is 0. The lowest BCUT2D eigenvalue weighted by molar-refractivity contribution is 0.0520. The van der Waals surface area contributed by atoms with Crippen molar-refractivity contribution in [2.75, 3.05) is 0 Å². The van der Waals surface area contributed by atoms with Gasteiger partial charge in [0.15, 0.2) is 0 Å². The Morgan fingerprint density at radius 2 is 2.38 bits per heavy atom. The molecule has 0 aromatic heterocycles. The molecule has 0 unspecified atom stereocenters. The van der Waals surface area contributed by atoms with Crippen molar-refractivity contribution < 1.29 is 14.0 Å². The molecule has 2 amide bonds. The van der Waals surface area contributed by atoms with E-state index in [1.54, 1.807) is 12.1 Å². The third-order valence-corrected chi connectivity index (χ3v) is 1.30. The Labute approximate surface area is 74.4 Å². The molecule has 0 saturated carbocycles. The maximum Gasteiger partial charge on any atom is 0.336 e. The highest BCUT2D eigenvalue weighted by atomic mass is 19.1.